The number of amides is 2. The Bertz CT molecular complexity index is 1170. The van der Waals surface area contributed by atoms with Crippen LogP contribution in [0.25, 0.3) is 0 Å². The topological polar surface area (TPSA) is 90.4 Å². The maximum absolute atomic E-state index is 14.0. The van der Waals surface area contributed by atoms with Crippen LogP contribution in [0.5, 0.6) is 0 Å². The maximum Gasteiger partial charge on any atom is 0.327 e. The highest BCUT2D eigenvalue weighted by Crippen LogP contribution is 2.25. The van der Waals surface area contributed by atoms with Gasteiger partial charge in [-0.15, -0.1) is 0 Å². The standard InChI is InChI=1S/C23H23F4N5O2/c1-13(23(2,3)34)30-21-28-11-10-18(31-21)32(16-7-5-15(24)6-8-16)22(33)29-12-14-4-9-17(25)20(27)19(14)26/h4-11,13,34H,12H2,1-3H3,(H,29,33)(H,28,30,31)/t13-/m0/s1. The normalized spacial score (nSPS) is 12.2. The van der Waals surface area contributed by atoms with Crippen LogP contribution in [0.15, 0.2) is 48.7 Å². The van der Waals surface area contributed by atoms with E-state index >= 15 is 0 Å². The van der Waals surface area contributed by atoms with E-state index in [0.29, 0.717) is 0 Å². The number of aromatic nitrogens is 2. The largest absolute Gasteiger partial charge is 0.388 e. The number of hydrogen-bond donors (Lipinski definition) is 3. The summed E-state index contributed by atoms with van der Waals surface area (Å²) in [5.74, 6) is -4.75. The van der Waals surface area contributed by atoms with Gasteiger partial charge in [0.15, 0.2) is 17.5 Å². The van der Waals surface area contributed by atoms with Crippen LogP contribution in [0, 0.1) is 23.3 Å². The summed E-state index contributed by atoms with van der Waals surface area (Å²) in [5.41, 5.74) is -1.14. The predicted octanol–water partition coefficient (Wildman–Crippen LogP) is 4.65. The van der Waals surface area contributed by atoms with Crippen molar-refractivity contribution in [3.63, 3.8) is 0 Å². The number of nitrogens with zero attached hydrogens (tertiary/aromatic N) is 3. The number of nitrogens with one attached hydrogen (secondary N) is 2. The third-order valence-corrected chi connectivity index (χ3v) is 5.11. The molecule has 3 rings (SSSR count). The summed E-state index contributed by atoms with van der Waals surface area (Å²) >= 11 is 0. The molecule has 11 heteroatoms. The average molecular weight is 477 g/mol. The van der Waals surface area contributed by atoms with Crippen molar-refractivity contribution in [3.05, 3.63) is 77.5 Å². The number of carbonyl (C=O) groups is 1. The van der Waals surface area contributed by atoms with Gasteiger partial charge in [0.1, 0.15) is 11.6 Å². The highest BCUT2D eigenvalue weighted by atomic mass is 19.2. The minimum absolute atomic E-state index is 0.0790. The van der Waals surface area contributed by atoms with Crippen molar-refractivity contribution >= 4 is 23.5 Å². The number of anilines is 3. The fourth-order valence-electron chi connectivity index (χ4n) is 2.81. The number of benzene rings is 2. The summed E-state index contributed by atoms with van der Waals surface area (Å²) < 4.78 is 54.2. The highest BCUT2D eigenvalue weighted by Gasteiger charge is 2.25. The summed E-state index contributed by atoms with van der Waals surface area (Å²) in [6.07, 6.45) is 1.38. The molecule has 2 aromatic carbocycles. The first-order valence-electron chi connectivity index (χ1n) is 10.2. The molecule has 0 radical (unpaired) electrons. The van der Waals surface area contributed by atoms with E-state index in [1.165, 1.54) is 24.4 Å². The summed E-state index contributed by atoms with van der Waals surface area (Å²) in [7, 11) is 0. The highest BCUT2D eigenvalue weighted by molar-refractivity contribution is 5.98. The summed E-state index contributed by atoms with van der Waals surface area (Å²) in [6.45, 7) is 4.47. The number of halogens is 4. The molecule has 0 saturated carbocycles. The Morgan fingerprint density at radius 1 is 1.06 bits per heavy atom. The Hall–Kier alpha value is -3.73. The molecule has 34 heavy (non-hydrogen) atoms. The molecule has 0 aliphatic carbocycles. The first-order valence-corrected chi connectivity index (χ1v) is 10.2. The molecule has 1 atom stereocenters. The van der Waals surface area contributed by atoms with Crippen molar-refractivity contribution in [1.29, 1.82) is 0 Å². The summed E-state index contributed by atoms with van der Waals surface area (Å²) in [5, 5.41) is 15.5. The first kappa shape index (κ1) is 24.9. The van der Waals surface area contributed by atoms with Crippen LogP contribution in [0.1, 0.15) is 26.3 Å². The summed E-state index contributed by atoms with van der Waals surface area (Å²) in [4.78, 5) is 22.5. The van der Waals surface area contributed by atoms with Crippen LogP contribution in [-0.2, 0) is 6.54 Å². The van der Waals surface area contributed by atoms with Crippen LogP contribution in [0.2, 0.25) is 0 Å². The van der Waals surface area contributed by atoms with E-state index in [-0.39, 0.29) is 23.0 Å². The van der Waals surface area contributed by atoms with Gasteiger partial charge in [0.2, 0.25) is 5.95 Å². The van der Waals surface area contributed by atoms with Gasteiger partial charge in [-0.05, 0) is 51.1 Å². The lowest BCUT2D eigenvalue weighted by Crippen LogP contribution is -2.40. The van der Waals surface area contributed by atoms with Gasteiger partial charge in [0, 0.05) is 24.4 Å². The van der Waals surface area contributed by atoms with Crippen LogP contribution < -0.4 is 15.5 Å². The van der Waals surface area contributed by atoms with Crippen molar-refractivity contribution in [2.75, 3.05) is 10.2 Å². The first-order chi connectivity index (χ1) is 16.0. The van der Waals surface area contributed by atoms with Gasteiger partial charge < -0.3 is 15.7 Å². The van der Waals surface area contributed by atoms with Gasteiger partial charge in [-0.3, -0.25) is 0 Å². The monoisotopic (exact) mass is 477 g/mol. The maximum atomic E-state index is 14.0. The molecule has 7 nitrogen and oxygen atoms in total. The van der Waals surface area contributed by atoms with E-state index in [4.69, 9.17) is 0 Å². The van der Waals surface area contributed by atoms with Crippen LogP contribution in [-0.4, -0.2) is 32.7 Å². The molecule has 0 saturated heterocycles. The van der Waals surface area contributed by atoms with E-state index < -0.39 is 47.5 Å². The number of carbonyl (C=O) groups excluding carboxylic acids is 1. The summed E-state index contributed by atoms with van der Waals surface area (Å²) in [6, 6.07) is 6.89. The second-order valence-corrected chi connectivity index (χ2v) is 8.06. The van der Waals surface area contributed by atoms with Gasteiger partial charge in [0.25, 0.3) is 0 Å². The zero-order valence-electron chi connectivity index (χ0n) is 18.6. The van der Waals surface area contributed by atoms with E-state index in [9.17, 15) is 27.5 Å². The Kier molecular flexibility index (Phi) is 7.35. The van der Waals surface area contributed by atoms with Crippen molar-refractivity contribution in [2.45, 2.75) is 39.0 Å². The molecular weight excluding hydrogens is 454 g/mol. The Balaban J connectivity index is 1.90. The van der Waals surface area contributed by atoms with Gasteiger partial charge in [0.05, 0.1) is 17.3 Å². The van der Waals surface area contributed by atoms with Crippen molar-refractivity contribution < 1.29 is 27.5 Å². The molecule has 3 N–H and O–H groups in total. The molecule has 0 bridgehead atoms. The minimum Gasteiger partial charge on any atom is -0.388 e. The van der Waals surface area contributed by atoms with Crippen LogP contribution >= 0.6 is 0 Å². The van der Waals surface area contributed by atoms with E-state index in [0.717, 1.165) is 29.2 Å². The van der Waals surface area contributed by atoms with Crippen molar-refractivity contribution in [3.8, 4) is 0 Å². The van der Waals surface area contributed by atoms with E-state index in [1.807, 2.05) is 0 Å². The predicted molar refractivity (Wildman–Crippen MR) is 119 cm³/mol. The SMILES string of the molecule is C[C@H](Nc1nccc(N(C(=O)NCc2ccc(F)c(F)c2F)c2ccc(F)cc2)n1)C(C)(C)O. The zero-order valence-corrected chi connectivity index (χ0v) is 18.6. The third kappa shape index (κ3) is 5.79. The van der Waals surface area contributed by atoms with Gasteiger partial charge in [-0.2, -0.15) is 4.98 Å². The fourth-order valence-corrected chi connectivity index (χ4v) is 2.81. The van der Waals surface area contributed by atoms with Gasteiger partial charge in [-0.25, -0.2) is 32.2 Å². The van der Waals surface area contributed by atoms with E-state index in [1.54, 1.807) is 20.8 Å². The fraction of sp³-hybridized carbons (Fsp3) is 0.261. The lowest BCUT2D eigenvalue weighted by atomic mass is 10.0. The number of hydrogen-bond acceptors (Lipinski definition) is 5. The Morgan fingerprint density at radius 2 is 1.74 bits per heavy atom. The molecule has 180 valence electrons. The molecule has 0 fully saturated rings. The average Bonchev–Trinajstić information content (AvgIpc) is 2.78. The van der Waals surface area contributed by atoms with Crippen molar-refractivity contribution in [2.24, 2.45) is 0 Å². The lowest BCUT2D eigenvalue weighted by molar-refractivity contribution is 0.0646. The second kappa shape index (κ2) is 10.0. The molecule has 1 heterocycles. The third-order valence-electron chi connectivity index (χ3n) is 5.11. The quantitative estimate of drug-likeness (QED) is 0.340. The number of urea groups is 1. The van der Waals surface area contributed by atoms with E-state index in [2.05, 4.69) is 20.6 Å². The van der Waals surface area contributed by atoms with Crippen LogP contribution in [0.4, 0.5) is 39.8 Å². The molecule has 0 aliphatic heterocycles. The van der Waals surface area contributed by atoms with Crippen molar-refractivity contribution in [1.82, 2.24) is 15.3 Å². The Labute approximate surface area is 193 Å². The lowest BCUT2D eigenvalue weighted by Gasteiger charge is -2.27. The molecule has 0 unspecified atom stereocenters. The smallest absolute Gasteiger partial charge is 0.327 e. The molecule has 2 amide bonds. The van der Waals surface area contributed by atoms with Crippen LogP contribution in [0.3, 0.4) is 0 Å². The van der Waals surface area contributed by atoms with Gasteiger partial charge in [-0.1, -0.05) is 6.07 Å². The second-order valence-electron chi connectivity index (χ2n) is 8.06. The number of rotatable bonds is 7. The van der Waals surface area contributed by atoms with Gasteiger partial charge >= 0.3 is 6.03 Å². The molecule has 0 aliphatic rings. The number of aliphatic hydroxyl groups is 1. The molecule has 3 aromatic rings. The zero-order chi connectivity index (χ0) is 25.0. The molecule has 0 spiro atoms. The molecule has 1 aromatic heterocycles. The molecular formula is C23H23F4N5O2. The minimum atomic E-state index is -1.64. The Morgan fingerprint density at radius 3 is 2.38 bits per heavy atom.